The third kappa shape index (κ3) is 5.70. The van der Waals surface area contributed by atoms with Crippen LogP contribution in [-0.4, -0.2) is 66.6 Å². The van der Waals surface area contributed by atoms with Crippen molar-refractivity contribution in [2.24, 2.45) is 4.99 Å². The second kappa shape index (κ2) is 10.9. The number of H-pyrrole nitrogens is 2. The predicted molar refractivity (Wildman–Crippen MR) is 125 cm³/mol. The Morgan fingerprint density at radius 2 is 2.12 bits per heavy atom. The van der Waals surface area contributed by atoms with E-state index in [0.29, 0.717) is 32.8 Å². The first-order chi connectivity index (χ1) is 15.7. The maximum Gasteiger partial charge on any atom is 0.317 e. The average molecular weight is 438 g/mol. The number of aryl methyl sites for hydroxylation is 1. The Hall–Kier alpha value is -3.26. The maximum atomic E-state index is 12.1. The van der Waals surface area contributed by atoms with Gasteiger partial charge in [0.15, 0.2) is 0 Å². The largest absolute Gasteiger partial charge is 0.494 e. The summed E-state index contributed by atoms with van der Waals surface area (Å²) in [6.45, 7) is 3.33. The summed E-state index contributed by atoms with van der Waals surface area (Å²) in [5, 5.41) is 3.00. The summed E-state index contributed by atoms with van der Waals surface area (Å²) in [6, 6.07) is 8.16. The molecule has 32 heavy (non-hydrogen) atoms. The molecule has 4 rings (SSSR count). The van der Waals surface area contributed by atoms with Gasteiger partial charge in [-0.05, 0) is 49.6 Å². The highest BCUT2D eigenvalue weighted by Crippen LogP contribution is 2.24. The fraction of sp³-hybridized carbons (Fsp3) is 0.417. The highest BCUT2D eigenvalue weighted by Gasteiger charge is 2.17. The summed E-state index contributed by atoms with van der Waals surface area (Å²) in [5.74, 6) is 0.755. The quantitative estimate of drug-likeness (QED) is 0.524. The minimum atomic E-state index is 0.0221. The van der Waals surface area contributed by atoms with Crippen molar-refractivity contribution in [3.8, 4) is 0 Å². The average Bonchev–Trinajstić information content (AvgIpc) is 3.58. The number of hydrogen-bond donors (Lipinski definition) is 3. The molecule has 0 saturated carbocycles. The molecule has 0 unspecified atom stereocenters. The number of unbranched alkanes of at least 4 members (excludes halogenated alkanes) is 2. The van der Waals surface area contributed by atoms with Gasteiger partial charge in [-0.25, -0.2) is 9.79 Å². The monoisotopic (exact) mass is 437 g/mol. The van der Waals surface area contributed by atoms with E-state index in [-0.39, 0.29) is 6.03 Å². The number of urea groups is 1. The fourth-order valence-electron chi connectivity index (χ4n) is 3.84. The zero-order valence-electron chi connectivity index (χ0n) is 18.5. The molecule has 0 radical (unpaired) electrons. The molecule has 2 aromatic rings. The Bertz CT molecular complexity index is 981. The van der Waals surface area contributed by atoms with Gasteiger partial charge in [-0.2, -0.15) is 0 Å². The molecule has 0 atom stereocenters. The van der Waals surface area contributed by atoms with E-state index in [1.165, 1.54) is 5.69 Å². The molecule has 8 heteroatoms. The minimum Gasteiger partial charge on any atom is -0.494 e. The third-order valence-electron chi connectivity index (χ3n) is 5.61. The lowest BCUT2D eigenvalue weighted by molar-refractivity contribution is 0.0532. The van der Waals surface area contributed by atoms with Crippen LogP contribution < -0.4 is 5.32 Å². The Balaban J connectivity index is 1.20. The van der Waals surface area contributed by atoms with E-state index in [1.54, 1.807) is 7.11 Å². The normalized spacial score (nSPS) is 17.4. The first-order valence-electron chi connectivity index (χ1n) is 11.2. The molecule has 4 heterocycles. The number of aromatic amines is 2. The number of carbonyl (C=O) groups is 1. The summed E-state index contributed by atoms with van der Waals surface area (Å²) in [5.41, 5.74) is 4.85. The van der Waals surface area contributed by atoms with Crippen LogP contribution in [0.3, 0.4) is 0 Å². The van der Waals surface area contributed by atoms with Crippen molar-refractivity contribution in [3.63, 3.8) is 0 Å². The van der Waals surface area contributed by atoms with E-state index in [9.17, 15) is 4.79 Å². The van der Waals surface area contributed by atoms with Gasteiger partial charge in [0.25, 0.3) is 0 Å². The van der Waals surface area contributed by atoms with Gasteiger partial charge in [0.1, 0.15) is 11.5 Å². The van der Waals surface area contributed by atoms with Crippen LogP contribution in [0.2, 0.25) is 0 Å². The van der Waals surface area contributed by atoms with Gasteiger partial charge in [0, 0.05) is 43.3 Å². The molecule has 170 valence electrons. The zero-order valence-corrected chi connectivity index (χ0v) is 18.5. The first-order valence-corrected chi connectivity index (χ1v) is 11.2. The van der Waals surface area contributed by atoms with Crippen molar-refractivity contribution in [1.82, 2.24) is 20.2 Å². The lowest BCUT2D eigenvalue weighted by atomic mass is 10.1. The SMILES string of the molecule is COC1=CC(c2ccc[nH]2)=NC1=Cc1ccc(CCCCCNC(=O)N2CCOCC2)[nH]1. The number of methoxy groups -OCH3 is 1. The van der Waals surface area contributed by atoms with Crippen molar-refractivity contribution < 1.29 is 14.3 Å². The number of aromatic nitrogens is 2. The van der Waals surface area contributed by atoms with Crippen LogP contribution in [0.25, 0.3) is 6.08 Å². The Kier molecular flexibility index (Phi) is 7.45. The van der Waals surface area contributed by atoms with Crippen LogP contribution in [-0.2, 0) is 15.9 Å². The second-order valence-corrected chi connectivity index (χ2v) is 7.90. The number of morpholine rings is 1. The molecule has 8 nitrogen and oxygen atoms in total. The van der Waals surface area contributed by atoms with E-state index in [4.69, 9.17) is 14.5 Å². The molecule has 2 amide bonds. The van der Waals surface area contributed by atoms with Gasteiger partial charge in [-0.3, -0.25) is 0 Å². The Morgan fingerprint density at radius 3 is 2.91 bits per heavy atom. The van der Waals surface area contributed by atoms with E-state index >= 15 is 0 Å². The number of rotatable bonds is 9. The number of amides is 2. The standard InChI is InChI=1S/C24H31N5O3/c1-31-23-17-21(20-7-5-11-25-20)28-22(23)16-19-9-8-18(27-19)6-3-2-4-10-26-24(30)29-12-14-32-15-13-29/h5,7-9,11,16-17,25,27H,2-4,6,10,12-15H2,1H3,(H,26,30). The number of allylic oxidation sites excluding steroid dienone is 1. The summed E-state index contributed by atoms with van der Waals surface area (Å²) >= 11 is 0. The van der Waals surface area contributed by atoms with Gasteiger partial charge in [0.05, 0.1) is 31.7 Å². The molecule has 0 aliphatic carbocycles. The van der Waals surface area contributed by atoms with Crippen LogP contribution >= 0.6 is 0 Å². The zero-order chi connectivity index (χ0) is 22.2. The van der Waals surface area contributed by atoms with Crippen molar-refractivity contribution in [2.75, 3.05) is 40.0 Å². The van der Waals surface area contributed by atoms with Crippen LogP contribution in [0.4, 0.5) is 4.79 Å². The van der Waals surface area contributed by atoms with E-state index in [1.807, 2.05) is 35.4 Å². The molecule has 0 bridgehead atoms. The number of aliphatic imine (C=N–C) groups is 1. The molecule has 2 aliphatic heterocycles. The topological polar surface area (TPSA) is 94.7 Å². The van der Waals surface area contributed by atoms with Gasteiger partial charge in [0.2, 0.25) is 0 Å². The van der Waals surface area contributed by atoms with Crippen molar-refractivity contribution in [2.45, 2.75) is 25.7 Å². The van der Waals surface area contributed by atoms with Crippen molar-refractivity contribution in [3.05, 3.63) is 65.1 Å². The van der Waals surface area contributed by atoms with Crippen LogP contribution in [0.5, 0.6) is 0 Å². The van der Waals surface area contributed by atoms with E-state index < -0.39 is 0 Å². The van der Waals surface area contributed by atoms with Crippen LogP contribution in [0.15, 0.2) is 53.0 Å². The van der Waals surface area contributed by atoms with E-state index in [2.05, 4.69) is 27.4 Å². The highest BCUT2D eigenvalue weighted by atomic mass is 16.5. The number of carbonyl (C=O) groups excluding carboxylic acids is 1. The van der Waals surface area contributed by atoms with Gasteiger partial charge in [-0.1, -0.05) is 6.42 Å². The molecule has 0 spiro atoms. The number of ether oxygens (including phenoxy) is 2. The lowest BCUT2D eigenvalue weighted by Crippen LogP contribution is -2.46. The maximum absolute atomic E-state index is 12.1. The molecule has 2 aliphatic rings. The van der Waals surface area contributed by atoms with Crippen LogP contribution in [0.1, 0.15) is 36.3 Å². The molecular weight excluding hydrogens is 406 g/mol. The van der Waals surface area contributed by atoms with Gasteiger partial charge >= 0.3 is 6.03 Å². The Labute approximate surface area is 188 Å². The molecular formula is C24H31N5O3. The van der Waals surface area contributed by atoms with Crippen LogP contribution in [0, 0.1) is 0 Å². The van der Waals surface area contributed by atoms with Gasteiger partial charge in [-0.15, -0.1) is 0 Å². The lowest BCUT2D eigenvalue weighted by Gasteiger charge is -2.26. The minimum absolute atomic E-state index is 0.0221. The molecule has 3 N–H and O–H groups in total. The summed E-state index contributed by atoms with van der Waals surface area (Å²) in [6.07, 6.45) is 9.93. The molecule has 0 aromatic carbocycles. The number of nitrogens with one attached hydrogen (secondary N) is 3. The van der Waals surface area contributed by atoms with Crippen molar-refractivity contribution in [1.29, 1.82) is 0 Å². The Morgan fingerprint density at radius 1 is 1.25 bits per heavy atom. The second-order valence-electron chi connectivity index (χ2n) is 7.90. The fourth-order valence-corrected chi connectivity index (χ4v) is 3.84. The first kappa shape index (κ1) is 22.0. The van der Waals surface area contributed by atoms with E-state index in [0.717, 1.165) is 54.2 Å². The predicted octanol–water partition coefficient (Wildman–Crippen LogP) is 3.47. The highest BCUT2D eigenvalue weighted by molar-refractivity contribution is 6.11. The summed E-state index contributed by atoms with van der Waals surface area (Å²) in [7, 11) is 1.66. The van der Waals surface area contributed by atoms with Gasteiger partial charge < -0.3 is 29.7 Å². The van der Waals surface area contributed by atoms with Crippen molar-refractivity contribution >= 4 is 17.8 Å². The summed E-state index contributed by atoms with van der Waals surface area (Å²) in [4.78, 5) is 25.2. The molecule has 1 fully saturated rings. The smallest absolute Gasteiger partial charge is 0.317 e. The molecule has 2 aromatic heterocycles. The third-order valence-corrected chi connectivity index (χ3v) is 5.61. The number of nitrogens with zero attached hydrogens (tertiary/aromatic N) is 2. The summed E-state index contributed by atoms with van der Waals surface area (Å²) < 4.78 is 10.8. The number of hydrogen-bond acceptors (Lipinski definition) is 4. The molecule has 1 saturated heterocycles.